The maximum absolute atomic E-state index is 8.58. The van der Waals surface area contributed by atoms with Gasteiger partial charge in [0, 0.05) is 6.61 Å². The van der Waals surface area contributed by atoms with Gasteiger partial charge < -0.3 is 33.9 Å². The Labute approximate surface area is 178 Å². The summed E-state index contributed by atoms with van der Waals surface area (Å²) in [6.45, 7) is 7.05. The number of rotatable bonds is 25. The van der Waals surface area contributed by atoms with Crippen LogP contribution in [0.25, 0.3) is 0 Å². The van der Waals surface area contributed by atoms with Crippen molar-refractivity contribution in [1.29, 1.82) is 0 Å². The number of hydrogen-bond acceptors (Lipinski definition) is 7. The molecule has 0 fully saturated rings. The Morgan fingerprint density at radius 1 is 0.448 bits per heavy atom. The van der Waals surface area contributed by atoms with Crippen molar-refractivity contribution >= 4 is 0 Å². The Bertz CT molecular complexity index is 290. The van der Waals surface area contributed by atoms with Gasteiger partial charge in [0.15, 0.2) is 6.29 Å². The van der Waals surface area contributed by atoms with E-state index in [1.807, 2.05) is 0 Å². The van der Waals surface area contributed by atoms with Crippen LogP contribution < -0.4 is 0 Å². The summed E-state index contributed by atoms with van der Waals surface area (Å²) < 4.78 is 26.6. The SMILES string of the molecule is CCCCCCCCCCCCOCCOCCOCCOCCOCC(O)O. The molecule has 0 aliphatic rings. The highest BCUT2D eigenvalue weighted by Crippen LogP contribution is 2.10. The van der Waals surface area contributed by atoms with E-state index < -0.39 is 6.29 Å². The molecule has 0 amide bonds. The lowest BCUT2D eigenvalue weighted by atomic mass is 10.1. The van der Waals surface area contributed by atoms with Crippen LogP contribution in [0.3, 0.4) is 0 Å². The molecule has 0 aliphatic heterocycles. The van der Waals surface area contributed by atoms with Crippen LogP contribution in [0.5, 0.6) is 0 Å². The van der Waals surface area contributed by atoms with E-state index in [4.69, 9.17) is 33.9 Å². The zero-order chi connectivity index (χ0) is 21.3. The van der Waals surface area contributed by atoms with Gasteiger partial charge in [0.1, 0.15) is 0 Å². The molecule has 176 valence electrons. The first kappa shape index (κ1) is 28.7. The van der Waals surface area contributed by atoms with Crippen LogP contribution in [0, 0.1) is 0 Å². The highest BCUT2D eigenvalue weighted by atomic mass is 16.6. The van der Waals surface area contributed by atoms with Crippen molar-refractivity contribution in [3.63, 3.8) is 0 Å². The van der Waals surface area contributed by atoms with Gasteiger partial charge in [-0.05, 0) is 6.42 Å². The third-order valence-corrected chi connectivity index (χ3v) is 4.40. The number of ether oxygens (including phenoxy) is 5. The Morgan fingerprint density at radius 3 is 1.21 bits per heavy atom. The minimum absolute atomic E-state index is 0.0971. The molecule has 0 saturated carbocycles. The minimum atomic E-state index is -1.43. The molecule has 0 aromatic carbocycles. The maximum Gasteiger partial charge on any atom is 0.175 e. The standard InChI is InChI=1S/C22H46O7/c1-2-3-4-5-6-7-8-9-10-11-12-25-13-14-26-15-16-27-17-18-28-19-20-29-21-22(23)24/h22-24H,2-21H2,1H3. The topological polar surface area (TPSA) is 86.6 Å². The summed E-state index contributed by atoms with van der Waals surface area (Å²) in [6, 6.07) is 0. The lowest BCUT2D eigenvalue weighted by Gasteiger charge is -2.08. The quantitative estimate of drug-likeness (QED) is 0.172. The fourth-order valence-electron chi connectivity index (χ4n) is 2.76. The van der Waals surface area contributed by atoms with Gasteiger partial charge in [-0.1, -0.05) is 64.7 Å². The molecular weight excluding hydrogens is 376 g/mol. The summed E-state index contributed by atoms with van der Waals surface area (Å²) in [4.78, 5) is 0. The number of unbranched alkanes of at least 4 members (excludes halogenated alkanes) is 9. The van der Waals surface area contributed by atoms with Crippen LogP contribution >= 0.6 is 0 Å². The molecule has 0 aliphatic carbocycles. The first-order chi connectivity index (χ1) is 14.3. The Morgan fingerprint density at radius 2 is 0.793 bits per heavy atom. The van der Waals surface area contributed by atoms with E-state index >= 15 is 0 Å². The molecule has 29 heavy (non-hydrogen) atoms. The summed E-state index contributed by atoms with van der Waals surface area (Å²) >= 11 is 0. The number of aliphatic hydroxyl groups excluding tert-OH is 1. The fraction of sp³-hybridized carbons (Fsp3) is 1.00. The Kier molecular flexibility index (Phi) is 25.5. The van der Waals surface area contributed by atoms with Crippen molar-refractivity contribution in [3.05, 3.63) is 0 Å². The van der Waals surface area contributed by atoms with Gasteiger partial charge >= 0.3 is 0 Å². The van der Waals surface area contributed by atoms with E-state index in [0.29, 0.717) is 52.9 Å². The highest BCUT2D eigenvalue weighted by molar-refractivity contribution is 4.47. The zero-order valence-electron chi connectivity index (χ0n) is 18.7. The molecular formula is C22H46O7. The van der Waals surface area contributed by atoms with E-state index in [1.165, 1.54) is 57.8 Å². The number of hydrogen-bond donors (Lipinski definition) is 2. The third kappa shape index (κ3) is 27.7. The lowest BCUT2D eigenvalue weighted by molar-refractivity contribution is -0.101. The Hall–Kier alpha value is -0.280. The van der Waals surface area contributed by atoms with Gasteiger partial charge in [-0.2, -0.15) is 0 Å². The molecule has 0 rings (SSSR count). The summed E-state index contributed by atoms with van der Waals surface area (Å²) in [5.41, 5.74) is 0. The summed E-state index contributed by atoms with van der Waals surface area (Å²) in [6.07, 6.45) is 12.0. The van der Waals surface area contributed by atoms with Crippen LogP contribution in [0.15, 0.2) is 0 Å². The van der Waals surface area contributed by atoms with Crippen LogP contribution in [0.4, 0.5) is 0 Å². The van der Waals surface area contributed by atoms with Crippen LogP contribution in [-0.4, -0.2) is 82.6 Å². The highest BCUT2D eigenvalue weighted by Gasteiger charge is 1.97. The fourth-order valence-corrected chi connectivity index (χ4v) is 2.76. The molecule has 7 heteroatoms. The van der Waals surface area contributed by atoms with E-state index in [2.05, 4.69) is 6.92 Å². The second-order valence-corrected chi connectivity index (χ2v) is 7.19. The second-order valence-electron chi connectivity index (χ2n) is 7.19. The van der Waals surface area contributed by atoms with Gasteiger partial charge in [0.25, 0.3) is 0 Å². The van der Waals surface area contributed by atoms with E-state index in [9.17, 15) is 0 Å². The summed E-state index contributed by atoms with van der Waals surface area (Å²) in [5.74, 6) is 0. The normalized spacial score (nSPS) is 11.6. The predicted molar refractivity (Wildman–Crippen MR) is 114 cm³/mol. The lowest BCUT2D eigenvalue weighted by Crippen LogP contribution is -2.17. The molecule has 2 N–H and O–H groups in total. The van der Waals surface area contributed by atoms with E-state index in [1.54, 1.807) is 0 Å². The molecule has 0 unspecified atom stereocenters. The minimum Gasteiger partial charge on any atom is -0.379 e. The molecule has 0 radical (unpaired) electrons. The van der Waals surface area contributed by atoms with Crippen LogP contribution in [0.2, 0.25) is 0 Å². The first-order valence-corrected chi connectivity index (χ1v) is 11.5. The average molecular weight is 423 g/mol. The first-order valence-electron chi connectivity index (χ1n) is 11.5. The maximum atomic E-state index is 8.58. The van der Waals surface area contributed by atoms with Gasteiger partial charge in [-0.3, -0.25) is 0 Å². The molecule has 0 spiro atoms. The summed E-state index contributed by atoms with van der Waals surface area (Å²) in [5, 5.41) is 17.2. The molecule has 0 atom stereocenters. The zero-order valence-corrected chi connectivity index (χ0v) is 18.7. The molecule has 0 saturated heterocycles. The Balaban J connectivity index is 2.98. The van der Waals surface area contributed by atoms with Crippen molar-refractivity contribution in [2.45, 2.75) is 77.4 Å². The second kappa shape index (κ2) is 25.8. The average Bonchev–Trinajstić information content (AvgIpc) is 2.71. The van der Waals surface area contributed by atoms with Crippen molar-refractivity contribution in [1.82, 2.24) is 0 Å². The molecule has 0 bridgehead atoms. The summed E-state index contributed by atoms with van der Waals surface area (Å²) in [7, 11) is 0. The van der Waals surface area contributed by atoms with E-state index in [0.717, 1.165) is 13.0 Å². The van der Waals surface area contributed by atoms with Gasteiger partial charge in [0.2, 0.25) is 0 Å². The van der Waals surface area contributed by atoms with Crippen molar-refractivity contribution in [2.24, 2.45) is 0 Å². The molecule has 7 nitrogen and oxygen atoms in total. The third-order valence-electron chi connectivity index (χ3n) is 4.40. The van der Waals surface area contributed by atoms with Crippen molar-refractivity contribution in [3.8, 4) is 0 Å². The van der Waals surface area contributed by atoms with Crippen LogP contribution in [0.1, 0.15) is 71.1 Å². The molecule has 0 aromatic rings. The largest absolute Gasteiger partial charge is 0.379 e. The van der Waals surface area contributed by atoms with Crippen molar-refractivity contribution in [2.75, 3.05) is 66.1 Å². The predicted octanol–water partition coefficient (Wildman–Crippen LogP) is 3.30. The van der Waals surface area contributed by atoms with Crippen molar-refractivity contribution < 1.29 is 33.9 Å². The van der Waals surface area contributed by atoms with Gasteiger partial charge in [0.05, 0.1) is 59.5 Å². The van der Waals surface area contributed by atoms with E-state index in [-0.39, 0.29) is 6.61 Å². The molecule has 0 aromatic heterocycles. The van der Waals surface area contributed by atoms with Gasteiger partial charge in [-0.15, -0.1) is 0 Å². The number of aliphatic hydroxyl groups is 2. The van der Waals surface area contributed by atoms with Gasteiger partial charge in [-0.25, -0.2) is 0 Å². The smallest absolute Gasteiger partial charge is 0.175 e. The monoisotopic (exact) mass is 422 g/mol. The molecule has 0 heterocycles. The van der Waals surface area contributed by atoms with Crippen LogP contribution in [-0.2, 0) is 23.7 Å².